The van der Waals surface area contributed by atoms with Crippen LogP contribution < -0.4 is 10.1 Å². The summed E-state index contributed by atoms with van der Waals surface area (Å²) in [6.45, 7) is 8.64. The molecule has 1 N–H and O–H groups in total. The molecule has 2 heterocycles. The predicted octanol–water partition coefficient (Wildman–Crippen LogP) is 4.20. The molecule has 0 radical (unpaired) electrons. The van der Waals surface area contributed by atoms with Gasteiger partial charge in [-0.05, 0) is 49.6 Å². The van der Waals surface area contributed by atoms with Crippen molar-refractivity contribution in [3.63, 3.8) is 0 Å². The minimum atomic E-state index is -0.263. The maximum Gasteiger partial charge on any atom is 0.273 e. The third-order valence-corrected chi connectivity index (χ3v) is 5.13. The highest BCUT2D eigenvalue weighted by Gasteiger charge is 2.18. The van der Waals surface area contributed by atoms with Gasteiger partial charge in [-0.1, -0.05) is 25.1 Å². The highest BCUT2D eigenvalue weighted by atomic mass is 16.5. The van der Waals surface area contributed by atoms with Crippen molar-refractivity contribution >= 4 is 5.91 Å². The summed E-state index contributed by atoms with van der Waals surface area (Å²) in [5, 5.41) is 2.84. The fourth-order valence-corrected chi connectivity index (χ4v) is 3.16. The summed E-state index contributed by atoms with van der Waals surface area (Å²) in [7, 11) is 0. The molecule has 3 aromatic rings. The molecule has 3 rings (SSSR count). The second-order valence-electron chi connectivity index (χ2n) is 7.41. The molecule has 164 valence electrons. The molecular weight excluding hydrogens is 392 g/mol. The van der Waals surface area contributed by atoms with E-state index in [1.807, 2.05) is 31.2 Å². The molecule has 1 aromatic carbocycles. The molecule has 0 saturated heterocycles. The van der Waals surface area contributed by atoms with Gasteiger partial charge in [0.25, 0.3) is 5.91 Å². The minimum Gasteiger partial charge on any atom is -0.494 e. The average molecular weight is 423 g/mol. The van der Waals surface area contributed by atoms with Gasteiger partial charge in [-0.2, -0.15) is 0 Å². The van der Waals surface area contributed by atoms with Gasteiger partial charge >= 0.3 is 0 Å². The zero-order valence-corrected chi connectivity index (χ0v) is 18.4. The summed E-state index contributed by atoms with van der Waals surface area (Å²) in [6.07, 6.45) is 5.83. The van der Waals surface area contributed by atoms with Crippen molar-refractivity contribution < 1.29 is 13.9 Å². The molecule has 0 bridgehead atoms. The third kappa shape index (κ3) is 6.65. The molecule has 7 heteroatoms. The van der Waals surface area contributed by atoms with Crippen LogP contribution in [-0.4, -0.2) is 33.4 Å². The Labute approximate surface area is 183 Å². The molecular formula is C24H30N4O3. The van der Waals surface area contributed by atoms with E-state index < -0.39 is 0 Å². The summed E-state index contributed by atoms with van der Waals surface area (Å²) in [4.78, 5) is 23.1. The molecule has 0 aliphatic rings. The summed E-state index contributed by atoms with van der Waals surface area (Å²) in [5.74, 6) is 1.13. The fraction of sp³-hybridized carbons (Fsp3) is 0.375. The highest BCUT2D eigenvalue weighted by Crippen LogP contribution is 2.18. The summed E-state index contributed by atoms with van der Waals surface area (Å²) >= 11 is 0. The molecule has 0 aliphatic heterocycles. The number of oxazole rings is 1. The standard InChI is InChI=1S/C24H30N4O3/c1-4-18(3)28(15-19-8-10-21(11-9-19)30-5-2)16-23-27-22(17-31-23)24(29)26-14-20-7-6-12-25-13-20/h6-13,17-18H,4-5,14-16H2,1-3H3,(H,26,29)/t18-/m0/s1. The van der Waals surface area contributed by atoms with Crippen molar-refractivity contribution in [3.05, 3.63) is 77.8 Å². The monoisotopic (exact) mass is 422 g/mol. The Balaban J connectivity index is 1.61. The van der Waals surface area contributed by atoms with E-state index in [-0.39, 0.29) is 11.6 Å². The maximum absolute atomic E-state index is 12.4. The van der Waals surface area contributed by atoms with E-state index in [2.05, 4.69) is 46.2 Å². The van der Waals surface area contributed by atoms with Crippen LogP contribution in [0.5, 0.6) is 5.75 Å². The van der Waals surface area contributed by atoms with Crippen molar-refractivity contribution in [2.24, 2.45) is 0 Å². The number of benzene rings is 1. The van der Waals surface area contributed by atoms with Crippen molar-refractivity contribution in [3.8, 4) is 5.75 Å². The third-order valence-electron chi connectivity index (χ3n) is 5.13. The number of hydrogen-bond acceptors (Lipinski definition) is 6. The van der Waals surface area contributed by atoms with Gasteiger partial charge < -0.3 is 14.5 Å². The molecule has 0 aliphatic carbocycles. The number of nitrogens with zero attached hydrogens (tertiary/aromatic N) is 3. The Morgan fingerprint density at radius 1 is 1.16 bits per heavy atom. The second kappa shape index (κ2) is 11.3. The van der Waals surface area contributed by atoms with Crippen LogP contribution in [0.15, 0.2) is 59.5 Å². The first-order chi connectivity index (χ1) is 15.1. The number of rotatable bonds is 11. The smallest absolute Gasteiger partial charge is 0.273 e. The number of nitrogens with one attached hydrogen (secondary N) is 1. The van der Waals surface area contributed by atoms with E-state index >= 15 is 0 Å². The highest BCUT2D eigenvalue weighted by molar-refractivity contribution is 5.91. The first-order valence-electron chi connectivity index (χ1n) is 10.7. The maximum atomic E-state index is 12.4. The van der Waals surface area contributed by atoms with Crippen LogP contribution in [-0.2, 0) is 19.6 Å². The SMILES string of the molecule is CCOc1ccc(CN(Cc2nc(C(=O)NCc3cccnc3)co2)[C@@H](C)CC)cc1. The number of hydrogen-bond donors (Lipinski definition) is 1. The van der Waals surface area contributed by atoms with Gasteiger partial charge in [0.1, 0.15) is 12.0 Å². The van der Waals surface area contributed by atoms with E-state index in [0.29, 0.717) is 31.6 Å². The number of aromatic nitrogens is 2. The van der Waals surface area contributed by atoms with Crippen LogP contribution in [0.3, 0.4) is 0 Å². The molecule has 0 spiro atoms. The van der Waals surface area contributed by atoms with Gasteiger partial charge in [0.2, 0.25) is 5.89 Å². The van der Waals surface area contributed by atoms with E-state index in [0.717, 1.165) is 24.3 Å². The molecule has 1 amide bonds. The van der Waals surface area contributed by atoms with Crippen LogP contribution in [0.25, 0.3) is 0 Å². The number of pyridine rings is 1. The van der Waals surface area contributed by atoms with E-state index in [1.54, 1.807) is 12.4 Å². The largest absolute Gasteiger partial charge is 0.494 e. The number of carbonyl (C=O) groups is 1. The van der Waals surface area contributed by atoms with Crippen LogP contribution in [0, 0.1) is 0 Å². The van der Waals surface area contributed by atoms with Crippen molar-refractivity contribution in [2.75, 3.05) is 6.61 Å². The van der Waals surface area contributed by atoms with Gasteiger partial charge in [-0.25, -0.2) is 4.98 Å². The fourth-order valence-electron chi connectivity index (χ4n) is 3.16. The summed E-state index contributed by atoms with van der Waals surface area (Å²) in [6, 6.07) is 12.2. The Bertz CT molecular complexity index is 941. The Kier molecular flexibility index (Phi) is 8.18. The summed E-state index contributed by atoms with van der Waals surface area (Å²) < 4.78 is 11.1. The lowest BCUT2D eigenvalue weighted by Crippen LogP contribution is -2.31. The lowest BCUT2D eigenvalue weighted by molar-refractivity contribution is 0.0945. The topological polar surface area (TPSA) is 80.5 Å². The van der Waals surface area contributed by atoms with Gasteiger partial charge in [0.15, 0.2) is 5.69 Å². The molecule has 0 fully saturated rings. The van der Waals surface area contributed by atoms with E-state index in [9.17, 15) is 4.79 Å². The van der Waals surface area contributed by atoms with Crippen LogP contribution in [0.2, 0.25) is 0 Å². The normalized spacial score (nSPS) is 12.0. The van der Waals surface area contributed by atoms with Crippen molar-refractivity contribution in [2.45, 2.75) is 52.9 Å². The lowest BCUT2D eigenvalue weighted by Gasteiger charge is -2.27. The van der Waals surface area contributed by atoms with E-state index in [4.69, 9.17) is 9.15 Å². The van der Waals surface area contributed by atoms with Crippen LogP contribution in [0.1, 0.15) is 54.7 Å². The number of ether oxygens (including phenoxy) is 1. The van der Waals surface area contributed by atoms with Crippen molar-refractivity contribution in [1.29, 1.82) is 0 Å². The molecule has 1 atom stereocenters. The molecule has 0 unspecified atom stereocenters. The van der Waals surface area contributed by atoms with E-state index in [1.165, 1.54) is 11.8 Å². The van der Waals surface area contributed by atoms with Crippen molar-refractivity contribution in [1.82, 2.24) is 20.2 Å². The zero-order chi connectivity index (χ0) is 22.1. The quantitative estimate of drug-likeness (QED) is 0.499. The van der Waals surface area contributed by atoms with Gasteiger partial charge in [-0.15, -0.1) is 0 Å². The first-order valence-corrected chi connectivity index (χ1v) is 10.7. The molecule has 31 heavy (non-hydrogen) atoms. The Morgan fingerprint density at radius 2 is 1.97 bits per heavy atom. The predicted molar refractivity (Wildman–Crippen MR) is 119 cm³/mol. The Hall–Kier alpha value is -3.19. The first kappa shape index (κ1) is 22.5. The average Bonchev–Trinajstić information content (AvgIpc) is 3.27. The number of amides is 1. The zero-order valence-electron chi connectivity index (χ0n) is 18.4. The van der Waals surface area contributed by atoms with Gasteiger partial charge in [-0.3, -0.25) is 14.7 Å². The summed E-state index contributed by atoms with van der Waals surface area (Å²) in [5.41, 5.74) is 2.40. The minimum absolute atomic E-state index is 0.263. The van der Waals surface area contributed by atoms with Gasteiger partial charge in [0, 0.05) is 31.5 Å². The lowest BCUT2D eigenvalue weighted by atomic mass is 10.1. The Morgan fingerprint density at radius 3 is 2.65 bits per heavy atom. The molecule has 7 nitrogen and oxygen atoms in total. The second-order valence-corrected chi connectivity index (χ2v) is 7.41. The van der Waals surface area contributed by atoms with Crippen LogP contribution in [0.4, 0.5) is 0 Å². The molecule has 0 saturated carbocycles. The van der Waals surface area contributed by atoms with Gasteiger partial charge in [0.05, 0.1) is 13.2 Å². The van der Waals surface area contributed by atoms with Crippen LogP contribution >= 0.6 is 0 Å². The number of carbonyl (C=O) groups excluding carboxylic acids is 1. The molecule has 2 aromatic heterocycles.